The Bertz CT molecular complexity index is 211. The second-order valence-electron chi connectivity index (χ2n) is 4.65. The molecule has 0 aromatic carbocycles. The van der Waals surface area contributed by atoms with Crippen molar-refractivity contribution in [3.05, 3.63) is 0 Å². The molecule has 80 valence electrons. The lowest BCUT2D eigenvalue weighted by molar-refractivity contribution is -0.0493. The summed E-state index contributed by atoms with van der Waals surface area (Å²) in [5, 5.41) is 19.4. The summed E-state index contributed by atoms with van der Waals surface area (Å²) in [5.74, 6) is 0.131. The van der Waals surface area contributed by atoms with E-state index in [4.69, 9.17) is 5.26 Å². The van der Waals surface area contributed by atoms with Crippen molar-refractivity contribution < 1.29 is 5.11 Å². The first-order chi connectivity index (χ1) is 6.62. The van der Waals surface area contributed by atoms with Crippen LogP contribution in [0.15, 0.2) is 0 Å². The normalized spacial score (nSPS) is 25.0. The minimum Gasteiger partial charge on any atom is -0.389 e. The highest BCUT2D eigenvalue weighted by molar-refractivity contribution is 4.99. The van der Waals surface area contributed by atoms with Crippen LogP contribution >= 0.6 is 0 Å². The van der Waals surface area contributed by atoms with E-state index >= 15 is 0 Å². The molecule has 0 spiro atoms. The molecule has 2 nitrogen and oxygen atoms in total. The Kier molecular flexibility index (Phi) is 3.95. The fraction of sp³-hybridized carbons (Fsp3) is 0.917. The van der Waals surface area contributed by atoms with Gasteiger partial charge in [0.25, 0.3) is 0 Å². The van der Waals surface area contributed by atoms with Crippen LogP contribution in [0, 0.1) is 23.2 Å². The van der Waals surface area contributed by atoms with Crippen molar-refractivity contribution >= 4 is 0 Å². The zero-order valence-electron chi connectivity index (χ0n) is 9.29. The Morgan fingerprint density at radius 3 is 2.43 bits per heavy atom. The Labute approximate surface area is 86.9 Å². The first-order valence-corrected chi connectivity index (χ1v) is 5.75. The van der Waals surface area contributed by atoms with Gasteiger partial charge in [-0.05, 0) is 32.1 Å². The first kappa shape index (κ1) is 11.5. The van der Waals surface area contributed by atoms with Crippen LogP contribution in [0.2, 0.25) is 0 Å². The first-order valence-electron chi connectivity index (χ1n) is 5.75. The number of aliphatic hydroxyl groups is 1. The second-order valence-corrected chi connectivity index (χ2v) is 4.65. The summed E-state index contributed by atoms with van der Waals surface area (Å²) >= 11 is 0. The van der Waals surface area contributed by atoms with Crippen molar-refractivity contribution in [2.24, 2.45) is 11.8 Å². The van der Waals surface area contributed by atoms with E-state index in [-0.39, 0.29) is 5.92 Å². The predicted molar refractivity (Wildman–Crippen MR) is 56.6 cm³/mol. The third kappa shape index (κ3) is 2.27. The number of hydrogen-bond donors (Lipinski definition) is 1. The highest BCUT2D eigenvalue weighted by atomic mass is 16.3. The van der Waals surface area contributed by atoms with Gasteiger partial charge in [-0.15, -0.1) is 0 Å². The summed E-state index contributed by atoms with van der Waals surface area (Å²) < 4.78 is 0. The van der Waals surface area contributed by atoms with Gasteiger partial charge in [-0.2, -0.15) is 5.26 Å². The Morgan fingerprint density at radius 1 is 1.43 bits per heavy atom. The molecule has 1 aliphatic carbocycles. The summed E-state index contributed by atoms with van der Waals surface area (Å²) in [6.45, 7) is 3.82. The van der Waals surface area contributed by atoms with E-state index in [0.29, 0.717) is 5.92 Å². The lowest BCUT2D eigenvalue weighted by Gasteiger charge is -2.38. The Balaban J connectivity index is 2.66. The Hall–Kier alpha value is -0.550. The molecular weight excluding hydrogens is 174 g/mol. The van der Waals surface area contributed by atoms with Gasteiger partial charge >= 0.3 is 0 Å². The fourth-order valence-corrected chi connectivity index (χ4v) is 2.61. The van der Waals surface area contributed by atoms with Crippen molar-refractivity contribution in [3.63, 3.8) is 0 Å². The van der Waals surface area contributed by atoms with Crippen LogP contribution < -0.4 is 0 Å². The van der Waals surface area contributed by atoms with Gasteiger partial charge in [0, 0.05) is 0 Å². The minimum absolute atomic E-state index is 0.203. The maximum atomic E-state index is 10.4. The molecule has 0 amide bonds. The molecule has 1 N–H and O–H groups in total. The van der Waals surface area contributed by atoms with Gasteiger partial charge in [0.05, 0.1) is 17.6 Å². The highest BCUT2D eigenvalue weighted by Crippen LogP contribution is 2.37. The Morgan fingerprint density at radius 2 is 2.00 bits per heavy atom. The van der Waals surface area contributed by atoms with Gasteiger partial charge in [-0.25, -0.2) is 0 Å². The third-order valence-corrected chi connectivity index (χ3v) is 3.70. The fourth-order valence-electron chi connectivity index (χ4n) is 2.61. The number of hydrogen-bond acceptors (Lipinski definition) is 2. The molecule has 1 fully saturated rings. The molecule has 0 heterocycles. The van der Waals surface area contributed by atoms with E-state index in [1.807, 2.05) is 13.8 Å². The van der Waals surface area contributed by atoms with Crippen LogP contribution in [-0.4, -0.2) is 10.7 Å². The molecule has 2 heteroatoms. The zero-order chi connectivity index (χ0) is 10.6. The molecule has 14 heavy (non-hydrogen) atoms. The van der Waals surface area contributed by atoms with Gasteiger partial charge in [-0.1, -0.05) is 26.2 Å². The molecule has 0 aliphatic heterocycles. The molecule has 1 rings (SSSR count). The van der Waals surface area contributed by atoms with Crippen molar-refractivity contribution in [2.45, 2.75) is 58.0 Å². The van der Waals surface area contributed by atoms with Crippen LogP contribution in [0.25, 0.3) is 0 Å². The van der Waals surface area contributed by atoms with Crippen molar-refractivity contribution in [1.82, 2.24) is 0 Å². The van der Waals surface area contributed by atoms with E-state index in [1.54, 1.807) is 0 Å². The SMILES string of the molecule is CCC(C#N)C(C)(O)C1CCCCC1. The van der Waals surface area contributed by atoms with Crippen LogP contribution in [0.3, 0.4) is 0 Å². The number of rotatable bonds is 3. The lowest BCUT2D eigenvalue weighted by Crippen LogP contribution is -2.42. The minimum atomic E-state index is -0.774. The molecule has 2 atom stereocenters. The summed E-state index contributed by atoms with van der Waals surface area (Å²) in [6, 6.07) is 2.24. The van der Waals surface area contributed by atoms with Crippen molar-refractivity contribution in [1.29, 1.82) is 5.26 Å². The maximum Gasteiger partial charge on any atom is 0.0805 e. The van der Waals surface area contributed by atoms with Gasteiger partial charge in [0.1, 0.15) is 0 Å². The summed E-state index contributed by atoms with van der Waals surface area (Å²) in [5.41, 5.74) is -0.774. The lowest BCUT2D eigenvalue weighted by atomic mass is 9.71. The van der Waals surface area contributed by atoms with Crippen LogP contribution in [0.5, 0.6) is 0 Å². The molecule has 0 saturated heterocycles. The van der Waals surface area contributed by atoms with E-state index in [9.17, 15) is 5.11 Å². The molecule has 1 saturated carbocycles. The molecule has 2 unspecified atom stereocenters. The third-order valence-electron chi connectivity index (χ3n) is 3.70. The predicted octanol–water partition coefficient (Wildman–Crippen LogP) is 2.87. The molecular formula is C12H21NO. The summed E-state index contributed by atoms with van der Waals surface area (Å²) in [4.78, 5) is 0. The van der Waals surface area contributed by atoms with Gasteiger partial charge < -0.3 is 5.11 Å². The van der Waals surface area contributed by atoms with E-state index in [1.165, 1.54) is 19.3 Å². The van der Waals surface area contributed by atoms with E-state index in [2.05, 4.69) is 6.07 Å². The highest BCUT2D eigenvalue weighted by Gasteiger charge is 2.39. The molecule has 0 radical (unpaired) electrons. The topological polar surface area (TPSA) is 44.0 Å². The maximum absolute atomic E-state index is 10.4. The zero-order valence-corrected chi connectivity index (χ0v) is 9.29. The number of nitriles is 1. The average molecular weight is 195 g/mol. The van der Waals surface area contributed by atoms with Crippen molar-refractivity contribution in [3.8, 4) is 6.07 Å². The van der Waals surface area contributed by atoms with E-state index < -0.39 is 5.60 Å². The van der Waals surface area contributed by atoms with Crippen LogP contribution in [0.4, 0.5) is 0 Å². The average Bonchev–Trinajstić information content (AvgIpc) is 2.20. The van der Waals surface area contributed by atoms with Gasteiger partial charge in [-0.3, -0.25) is 0 Å². The molecule has 0 aromatic heterocycles. The van der Waals surface area contributed by atoms with Crippen LogP contribution in [0.1, 0.15) is 52.4 Å². The number of nitrogens with zero attached hydrogens (tertiary/aromatic N) is 1. The van der Waals surface area contributed by atoms with Crippen molar-refractivity contribution in [2.75, 3.05) is 0 Å². The summed E-state index contributed by atoms with van der Waals surface area (Å²) in [7, 11) is 0. The van der Waals surface area contributed by atoms with Crippen LogP contribution in [-0.2, 0) is 0 Å². The monoisotopic (exact) mass is 195 g/mol. The van der Waals surface area contributed by atoms with E-state index in [0.717, 1.165) is 19.3 Å². The quantitative estimate of drug-likeness (QED) is 0.752. The second kappa shape index (κ2) is 4.79. The van der Waals surface area contributed by atoms with Gasteiger partial charge in [0.15, 0.2) is 0 Å². The van der Waals surface area contributed by atoms with Gasteiger partial charge in [0.2, 0.25) is 0 Å². The molecule has 1 aliphatic rings. The molecule has 0 bridgehead atoms. The largest absolute Gasteiger partial charge is 0.389 e. The standard InChI is InChI=1S/C12H21NO/c1-3-10(9-13)12(2,14)11-7-5-4-6-8-11/h10-11,14H,3-8H2,1-2H3. The summed E-state index contributed by atoms with van der Waals surface area (Å²) in [6.07, 6.45) is 6.64. The molecule has 0 aromatic rings. The smallest absolute Gasteiger partial charge is 0.0805 e.